The molecule has 1 saturated heterocycles. The summed E-state index contributed by atoms with van der Waals surface area (Å²) in [4.78, 5) is 16.2. The average molecular weight is 257 g/mol. The van der Waals surface area contributed by atoms with Crippen molar-refractivity contribution in [2.24, 2.45) is 0 Å². The van der Waals surface area contributed by atoms with Crippen LogP contribution in [0.4, 0.5) is 5.69 Å². The number of amides is 1. The van der Waals surface area contributed by atoms with Gasteiger partial charge in [0.05, 0.1) is 11.6 Å². The van der Waals surface area contributed by atoms with Gasteiger partial charge in [0.15, 0.2) is 0 Å². The molecule has 2 rings (SSSR count). The van der Waals surface area contributed by atoms with Gasteiger partial charge in [-0.3, -0.25) is 4.79 Å². The maximum Gasteiger partial charge on any atom is 0.247 e. The molecule has 0 aromatic heterocycles. The number of carbonyl (C=O) groups is 1. The fourth-order valence-electron chi connectivity index (χ4n) is 2.61. The van der Waals surface area contributed by atoms with E-state index in [2.05, 4.69) is 11.0 Å². The van der Waals surface area contributed by atoms with Crippen molar-refractivity contribution in [3.8, 4) is 6.07 Å². The van der Waals surface area contributed by atoms with Crippen LogP contribution in [0.5, 0.6) is 0 Å². The number of hydrogen-bond acceptors (Lipinski definition) is 3. The zero-order chi connectivity index (χ0) is 14.2. The van der Waals surface area contributed by atoms with E-state index in [-0.39, 0.29) is 5.91 Å². The SMILES string of the molecule is Cc1cc(N2CCN(C)C(=O)C2(C)C)ccc1C#N. The maximum absolute atomic E-state index is 12.3. The molecule has 0 unspecified atom stereocenters. The quantitative estimate of drug-likeness (QED) is 0.772. The summed E-state index contributed by atoms with van der Waals surface area (Å²) in [5.74, 6) is 0.126. The van der Waals surface area contributed by atoms with Crippen molar-refractivity contribution >= 4 is 11.6 Å². The van der Waals surface area contributed by atoms with Crippen LogP contribution in [0.25, 0.3) is 0 Å². The molecular formula is C15H19N3O. The third-order valence-electron chi connectivity index (χ3n) is 3.85. The molecule has 0 atom stereocenters. The highest BCUT2D eigenvalue weighted by molar-refractivity contribution is 5.90. The highest BCUT2D eigenvalue weighted by atomic mass is 16.2. The lowest BCUT2D eigenvalue weighted by molar-refractivity contribution is -0.136. The monoisotopic (exact) mass is 257 g/mol. The van der Waals surface area contributed by atoms with Crippen molar-refractivity contribution in [3.05, 3.63) is 29.3 Å². The van der Waals surface area contributed by atoms with Crippen molar-refractivity contribution < 1.29 is 4.79 Å². The van der Waals surface area contributed by atoms with Gasteiger partial charge in [0.1, 0.15) is 5.54 Å². The third kappa shape index (κ3) is 2.17. The number of hydrogen-bond donors (Lipinski definition) is 0. The molecule has 0 bridgehead atoms. The molecule has 1 aliphatic heterocycles. The number of nitrogens with zero attached hydrogens (tertiary/aromatic N) is 3. The zero-order valence-corrected chi connectivity index (χ0v) is 11.9. The second-order valence-electron chi connectivity index (χ2n) is 5.55. The smallest absolute Gasteiger partial charge is 0.247 e. The lowest BCUT2D eigenvalue weighted by atomic mass is 9.96. The molecule has 1 heterocycles. The first-order valence-electron chi connectivity index (χ1n) is 6.42. The molecule has 1 amide bonds. The third-order valence-corrected chi connectivity index (χ3v) is 3.85. The minimum Gasteiger partial charge on any atom is -0.356 e. The fourth-order valence-corrected chi connectivity index (χ4v) is 2.61. The van der Waals surface area contributed by atoms with Crippen molar-refractivity contribution in [1.29, 1.82) is 5.26 Å². The van der Waals surface area contributed by atoms with Crippen LogP contribution < -0.4 is 4.90 Å². The Balaban J connectivity index is 2.39. The predicted octanol–water partition coefficient (Wildman–Crippen LogP) is 1.92. The molecule has 0 spiro atoms. The molecule has 4 heteroatoms. The summed E-state index contributed by atoms with van der Waals surface area (Å²) >= 11 is 0. The highest BCUT2D eigenvalue weighted by Crippen LogP contribution is 2.29. The summed E-state index contributed by atoms with van der Waals surface area (Å²) < 4.78 is 0. The summed E-state index contributed by atoms with van der Waals surface area (Å²) in [6, 6.07) is 7.90. The van der Waals surface area contributed by atoms with Crippen LogP contribution in [-0.4, -0.2) is 36.5 Å². The first-order valence-corrected chi connectivity index (χ1v) is 6.42. The largest absolute Gasteiger partial charge is 0.356 e. The van der Waals surface area contributed by atoms with Gasteiger partial charge in [0.25, 0.3) is 0 Å². The second-order valence-corrected chi connectivity index (χ2v) is 5.55. The molecule has 4 nitrogen and oxygen atoms in total. The van der Waals surface area contributed by atoms with E-state index >= 15 is 0 Å². The van der Waals surface area contributed by atoms with Crippen LogP contribution >= 0.6 is 0 Å². The molecule has 19 heavy (non-hydrogen) atoms. The van der Waals surface area contributed by atoms with Crippen LogP contribution in [0.3, 0.4) is 0 Å². The van der Waals surface area contributed by atoms with Crippen LogP contribution in [0.2, 0.25) is 0 Å². The van der Waals surface area contributed by atoms with Gasteiger partial charge in [-0.25, -0.2) is 0 Å². The van der Waals surface area contributed by atoms with Gasteiger partial charge in [0.2, 0.25) is 5.91 Å². The molecule has 1 aromatic carbocycles. The Morgan fingerprint density at radius 1 is 1.32 bits per heavy atom. The number of aryl methyl sites for hydroxylation is 1. The van der Waals surface area contributed by atoms with Crippen molar-refractivity contribution in [1.82, 2.24) is 4.90 Å². The van der Waals surface area contributed by atoms with Crippen LogP contribution in [-0.2, 0) is 4.79 Å². The molecule has 0 aliphatic carbocycles. The average Bonchev–Trinajstić information content (AvgIpc) is 2.36. The summed E-state index contributed by atoms with van der Waals surface area (Å²) in [5, 5.41) is 8.97. The number of benzene rings is 1. The number of likely N-dealkylation sites (N-methyl/N-ethyl adjacent to an activating group) is 1. The Morgan fingerprint density at radius 2 is 2.00 bits per heavy atom. The first-order chi connectivity index (χ1) is 8.87. The van der Waals surface area contributed by atoms with E-state index in [9.17, 15) is 4.79 Å². The Kier molecular flexibility index (Phi) is 3.23. The lowest BCUT2D eigenvalue weighted by Crippen LogP contribution is -2.62. The molecule has 0 radical (unpaired) electrons. The van der Waals surface area contributed by atoms with E-state index in [1.165, 1.54) is 0 Å². The van der Waals surface area contributed by atoms with Crippen molar-refractivity contribution in [3.63, 3.8) is 0 Å². The summed E-state index contributed by atoms with van der Waals surface area (Å²) in [6.07, 6.45) is 0. The van der Waals surface area contributed by atoms with Gasteiger partial charge in [-0.1, -0.05) is 0 Å². The van der Waals surface area contributed by atoms with E-state index in [0.717, 1.165) is 24.3 Å². The minimum absolute atomic E-state index is 0.126. The summed E-state index contributed by atoms with van der Waals surface area (Å²) in [7, 11) is 1.84. The van der Waals surface area contributed by atoms with Crippen LogP contribution in [0.15, 0.2) is 18.2 Å². The summed E-state index contributed by atoms with van der Waals surface area (Å²) in [5.41, 5.74) is 2.08. The summed E-state index contributed by atoms with van der Waals surface area (Å²) in [6.45, 7) is 7.34. The van der Waals surface area contributed by atoms with Crippen LogP contribution in [0, 0.1) is 18.3 Å². The van der Waals surface area contributed by atoms with Crippen molar-refractivity contribution in [2.75, 3.05) is 25.0 Å². The number of rotatable bonds is 1. The number of carbonyl (C=O) groups excluding carboxylic acids is 1. The Bertz CT molecular complexity index is 557. The molecule has 0 N–H and O–H groups in total. The molecule has 1 aliphatic rings. The van der Waals surface area contributed by atoms with Gasteiger partial charge in [-0.05, 0) is 44.5 Å². The predicted molar refractivity (Wildman–Crippen MR) is 75.0 cm³/mol. The standard InChI is InChI=1S/C15H19N3O/c1-11-9-13(6-5-12(11)10-16)18-8-7-17(4)14(19)15(18,2)3/h5-6,9H,7-8H2,1-4H3. The molecule has 1 fully saturated rings. The normalized spacial score (nSPS) is 18.4. The van der Waals surface area contributed by atoms with Gasteiger partial charge >= 0.3 is 0 Å². The Morgan fingerprint density at radius 3 is 2.58 bits per heavy atom. The molecule has 1 aromatic rings. The van der Waals surface area contributed by atoms with E-state index < -0.39 is 5.54 Å². The van der Waals surface area contributed by atoms with Crippen molar-refractivity contribution in [2.45, 2.75) is 26.3 Å². The highest BCUT2D eigenvalue weighted by Gasteiger charge is 2.40. The number of piperazine rings is 1. The van der Waals surface area contributed by atoms with Gasteiger partial charge < -0.3 is 9.80 Å². The van der Waals surface area contributed by atoms with Gasteiger partial charge in [-0.15, -0.1) is 0 Å². The molecule has 0 saturated carbocycles. The van der Waals surface area contributed by atoms with E-state index in [1.54, 1.807) is 4.90 Å². The number of nitriles is 1. The number of anilines is 1. The Labute approximate surface area is 114 Å². The van der Waals surface area contributed by atoms with E-state index in [1.807, 2.05) is 46.0 Å². The van der Waals surface area contributed by atoms with Crippen LogP contribution in [0.1, 0.15) is 25.0 Å². The zero-order valence-electron chi connectivity index (χ0n) is 11.9. The van der Waals surface area contributed by atoms with E-state index in [4.69, 9.17) is 5.26 Å². The van der Waals surface area contributed by atoms with Gasteiger partial charge in [-0.2, -0.15) is 5.26 Å². The lowest BCUT2D eigenvalue weighted by Gasteiger charge is -2.46. The molecule has 100 valence electrons. The van der Waals surface area contributed by atoms with Gasteiger partial charge in [0, 0.05) is 25.8 Å². The second kappa shape index (κ2) is 4.58. The fraction of sp³-hybridized carbons (Fsp3) is 0.467. The maximum atomic E-state index is 12.3. The topological polar surface area (TPSA) is 47.3 Å². The Hall–Kier alpha value is -2.02. The van der Waals surface area contributed by atoms with E-state index in [0.29, 0.717) is 5.56 Å². The minimum atomic E-state index is -0.548. The molecular weight excluding hydrogens is 238 g/mol. The first kappa shape index (κ1) is 13.4.